The summed E-state index contributed by atoms with van der Waals surface area (Å²) < 4.78 is 47.0. The number of benzene rings is 2. The number of halogens is 3. The van der Waals surface area contributed by atoms with Crippen molar-refractivity contribution in [2.24, 2.45) is 0 Å². The van der Waals surface area contributed by atoms with E-state index < -0.39 is 11.7 Å². The fraction of sp³-hybridized carbons (Fsp3) is 0.318. The molecule has 1 saturated carbocycles. The standard InChI is InChI=1S/C22H21F3N2OS/c1-28-18-11-9-15(10-12-18)20-14-26-21(29-19-7-2-3-8-19)27(20)17-6-4-5-16(13-17)22(23,24)25/h4-6,9-14,19H,2-3,7-8H2,1H3. The minimum Gasteiger partial charge on any atom is -0.497 e. The largest absolute Gasteiger partial charge is 0.497 e. The average Bonchev–Trinajstić information content (AvgIpc) is 3.38. The van der Waals surface area contributed by atoms with Gasteiger partial charge in [-0.15, -0.1) is 0 Å². The van der Waals surface area contributed by atoms with E-state index in [4.69, 9.17) is 4.74 Å². The van der Waals surface area contributed by atoms with Crippen molar-refractivity contribution in [2.45, 2.75) is 42.3 Å². The van der Waals surface area contributed by atoms with Crippen LogP contribution in [0.3, 0.4) is 0 Å². The number of hydrogen-bond donors (Lipinski definition) is 0. The van der Waals surface area contributed by atoms with Gasteiger partial charge in [0.15, 0.2) is 5.16 Å². The summed E-state index contributed by atoms with van der Waals surface area (Å²) in [5, 5.41) is 1.17. The van der Waals surface area contributed by atoms with Crippen LogP contribution < -0.4 is 4.74 Å². The Kier molecular flexibility index (Phi) is 5.58. The third-order valence-electron chi connectivity index (χ3n) is 5.12. The average molecular weight is 418 g/mol. The zero-order valence-electron chi connectivity index (χ0n) is 15.9. The van der Waals surface area contributed by atoms with Crippen LogP contribution in [0.15, 0.2) is 59.9 Å². The summed E-state index contributed by atoms with van der Waals surface area (Å²) >= 11 is 1.66. The molecule has 2 aromatic carbocycles. The van der Waals surface area contributed by atoms with E-state index in [2.05, 4.69) is 4.98 Å². The van der Waals surface area contributed by atoms with Gasteiger partial charge in [0.05, 0.1) is 24.6 Å². The number of rotatable bonds is 5. The van der Waals surface area contributed by atoms with E-state index in [1.807, 2.05) is 28.8 Å². The number of imidazole rings is 1. The van der Waals surface area contributed by atoms with Crippen LogP contribution in [0.5, 0.6) is 5.75 Å². The second-order valence-electron chi connectivity index (χ2n) is 7.06. The highest BCUT2D eigenvalue weighted by atomic mass is 32.2. The highest BCUT2D eigenvalue weighted by molar-refractivity contribution is 7.99. The Morgan fingerprint density at radius 3 is 2.45 bits per heavy atom. The molecule has 1 aliphatic carbocycles. The predicted molar refractivity (Wildman–Crippen MR) is 109 cm³/mol. The lowest BCUT2D eigenvalue weighted by Crippen LogP contribution is -2.07. The second-order valence-corrected chi connectivity index (χ2v) is 8.33. The Morgan fingerprint density at radius 2 is 1.79 bits per heavy atom. The highest BCUT2D eigenvalue weighted by Gasteiger charge is 2.31. The molecule has 0 radical (unpaired) electrons. The number of thioether (sulfide) groups is 1. The fourth-order valence-electron chi connectivity index (χ4n) is 3.61. The summed E-state index contributed by atoms with van der Waals surface area (Å²) in [5.74, 6) is 0.722. The Balaban J connectivity index is 1.81. The molecule has 0 amide bonds. The summed E-state index contributed by atoms with van der Waals surface area (Å²) in [6, 6.07) is 12.9. The number of ether oxygens (including phenoxy) is 1. The van der Waals surface area contributed by atoms with Gasteiger partial charge in [-0.3, -0.25) is 4.57 Å². The molecule has 1 fully saturated rings. The Hall–Kier alpha value is -2.41. The van der Waals surface area contributed by atoms with Gasteiger partial charge >= 0.3 is 6.18 Å². The molecule has 0 atom stereocenters. The molecular formula is C22H21F3N2OS. The number of alkyl halides is 3. The normalized spacial score (nSPS) is 15.0. The van der Waals surface area contributed by atoms with Gasteiger partial charge in [0.25, 0.3) is 0 Å². The van der Waals surface area contributed by atoms with Crippen molar-refractivity contribution < 1.29 is 17.9 Å². The van der Waals surface area contributed by atoms with E-state index in [9.17, 15) is 13.2 Å². The van der Waals surface area contributed by atoms with Crippen LogP contribution in [0.2, 0.25) is 0 Å². The summed E-state index contributed by atoms with van der Waals surface area (Å²) in [7, 11) is 1.60. The van der Waals surface area contributed by atoms with Crippen molar-refractivity contribution in [2.75, 3.05) is 7.11 Å². The van der Waals surface area contributed by atoms with E-state index >= 15 is 0 Å². The monoisotopic (exact) mass is 418 g/mol. The van der Waals surface area contributed by atoms with Gasteiger partial charge in [-0.05, 0) is 55.3 Å². The van der Waals surface area contributed by atoms with Crippen molar-refractivity contribution in [1.82, 2.24) is 9.55 Å². The first-order chi connectivity index (χ1) is 14.0. The zero-order chi connectivity index (χ0) is 20.4. The number of hydrogen-bond acceptors (Lipinski definition) is 3. The molecule has 0 spiro atoms. The van der Waals surface area contributed by atoms with Crippen LogP contribution >= 0.6 is 11.8 Å². The quantitative estimate of drug-likeness (QED) is 0.467. The molecule has 0 aliphatic heterocycles. The van der Waals surface area contributed by atoms with Crippen LogP contribution in [-0.2, 0) is 6.18 Å². The highest BCUT2D eigenvalue weighted by Crippen LogP contribution is 2.38. The second kappa shape index (κ2) is 8.14. The van der Waals surface area contributed by atoms with E-state index in [-0.39, 0.29) is 0 Å². The molecule has 1 heterocycles. The molecule has 0 unspecified atom stereocenters. The van der Waals surface area contributed by atoms with Crippen molar-refractivity contribution in [1.29, 1.82) is 0 Å². The Bertz CT molecular complexity index is 976. The fourth-order valence-corrected chi connectivity index (χ4v) is 4.90. The minimum absolute atomic E-state index is 0.450. The third kappa shape index (κ3) is 4.29. The van der Waals surface area contributed by atoms with Crippen molar-refractivity contribution >= 4 is 11.8 Å². The SMILES string of the molecule is COc1ccc(-c2cnc(SC3CCCC3)n2-c2cccc(C(F)(F)F)c2)cc1. The van der Waals surface area contributed by atoms with E-state index in [0.717, 1.165) is 41.1 Å². The van der Waals surface area contributed by atoms with Crippen molar-refractivity contribution in [3.05, 3.63) is 60.3 Å². The lowest BCUT2D eigenvalue weighted by atomic mass is 10.1. The molecule has 0 saturated heterocycles. The summed E-state index contributed by atoms with van der Waals surface area (Å²) in [6.07, 6.45) is 1.94. The van der Waals surface area contributed by atoms with Crippen LogP contribution in [0.4, 0.5) is 13.2 Å². The molecule has 0 bridgehead atoms. The van der Waals surface area contributed by atoms with E-state index in [1.54, 1.807) is 31.1 Å². The van der Waals surface area contributed by atoms with Gasteiger partial charge in [0.2, 0.25) is 0 Å². The molecule has 4 rings (SSSR count). The lowest BCUT2D eigenvalue weighted by Gasteiger charge is -2.16. The predicted octanol–water partition coefficient (Wildman–Crippen LogP) is 6.60. The molecule has 1 aromatic heterocycles. The van der Waals surface area contributed by atoms with Crippen molar-refractivity contribution in [3.63, 3.8) is 0 Å². The lowest BCUT2D eigenvalue weighted by molar-refractivity contribution is -0.137. The number of nitrogens with zero attached hydrogens (tertiary/aromatic N) is 2. The Morgan fingerprint density at radius 1 is 1.07 bits per heavy atom. The number of methoxy groups -OCH3 is 1. The zero-order valence-corrected chi connectivity index (χ0v) is 16.8. The molecule has 0 N–H and O–H groups in total. The van der Waals surface area contributed by atoms with Gasteiger partial charge in [0, 0.05) is 16.5 Å². The molecule has 152 valence electrons. The summed E-state index contributed by atoms with van der Waals surface area (Å²) in [4.78, 5) is 4.58. The van der Waals surface area contributed by atoms with Crippen molar-refractivity contribution in [3.8, 4) is 22.7 Å². The summed E-state index contributed by atoms with van der Waals surface area (Å²) in [6.45, 7) is 0. The van der Waals surface area contributed by atoms with Gasteiger partial charge in [-0.2, -0.15) is 13.2 Å². The van der Waals surface area contributed by atoms with Gasteiger partial charge in [0.1, 0.15) is 5.75 Å². The molecule has 1 aliphatic rings. The van der Waals surface area contributed by atoms with Gasteiger partial charge in [-0.1, -0.05) is 30.7 Å². The maximum absolute atomic E-state index is 13.3. The number of aromatic nitrogens is 2. The summed E-state index contributed by atoms with van der Waals surface area (Å²) in [5.41, 5.74) is 1.42. The maximum atomic E-state index is 13.3. The van der Waals surface area contributed by atoms with Gasteiger partial charge in [-0.25, -0.2) is 4.98 Å². The molecule has 3 nitrogen and oxygen atoms in total. The smallest absolute Gasteiger partial charge is 0.416 e. The molecule has 3 aromatic rings. The van der Waals surface area contributed by atoms with E-state index in [1.165, 1.54) is 25.0 Å². The molecule has 29 heavy (non-hydrogen) atoms. The van der Waals surface area contributed by atoms with Crippen LogP contribution in [0, 0.1) is 0 Å². The topological polar surface area (TPSA) is 27.1 Å². The third-order valence-corrected chi connectivity index (χ3v) is 6.42. The van der Waals surface area contributed by atoms with Crippen LogP contribution in [0.25, 0.3) is 16.9 Å². The maximum Gasteiger partial charge on any atom is 0.416 e. The minimum atomic E-state index is -4.39. The van der Waals surface area contributed by atoms with Crippen LogP contribution in [-0.4, -0.2) is 21.9 Å². The first-order valence-corrected chi connectivity index (χ1v) is 10.4. The van der Waals surface area contributed by atoms with Gasteiger partial charge < -0.3 is 4.74 Å². The first-order valence-electron chi connectivity index (χ1n) is 9.52. The first kappa shape index (κ1) is 19.9. The molecular weight excluding hydrogens is 397 g/mol. The molecule has 7 heteroatoms. The Labute approximate surface area is 171 Å². The van der Waals surface area contributed by atoms with E-state index in [0.29, 0.717) is 10.9 Å². The van der Waals surface area contributed by atoms with Crippen LogP contribution in [0.1, 0.15) is 31.2 Å².